The van der Waals surface area contributed by atoms with Crippen LogP contribution in [0.25, 0.3) is 0 Å². The van der Waals surface area contributed by atoms with Gasteiger partial charge < -0.3 is 0 Å². The average Bonchev–Trinajstić information content (AvgIpc) is 2.36. The zero-order valence-corrected chi connectivity index (χ0v) is 11.7. The Labute approximate surface area is 110 Å². The van der Waals surface area contributed by atoms with E-state index in [1.807, 2.05) is 37.3 Å². The van der Waals surface area contributed by atoms with E-state index < -0.39 is 0 Å². The summed E-state index contributed by atoms with van der Waals surface area (Å²) in [7, 11) is 0. The van der Waals surface area contributed by atoms with Crippen molar-refractivity contribution in [3.05, 3.63) is 59.2 Å². The largest absolute Gasteiger partial charge is 0.294 e. The monoisotopic (exact) mass is 242 g/mol. The van der Waals surface area contributed by atoms with E-state index in [4.69, 9.17) is 0 Å². The number of ketones is 1. The number of carbonyl (C=O) groups excluding carboxylic acids is 1. The molecule has 1 aromatic rings. The average molecular weight is 242 g/mol. The lowest BCUT2D eigenvalue weighted by Crippen LogP contribution is -2.07. The van der Waals surface area contributed by atoms with Gasteiger partial charge in [0.15, 0.2) is 5.78 Å². The molecule has 0 fully saturated rings. The van der Waals surface area contributed by atoms with Crippen molar-refractivity contribution in [2.75, 3.05) is 0 Å². The molecular formula is C17H22O. The molecule has 1 atom stereocenters. The van der Waals surface area contributed by atoms with Crippen molar-refractivity contribution in [1.29, 1.82) is 0 Å². The van der Waals surface area contributed by atoms with Crippen LogP contribution in [0.4, 0.5) is 0 Å². The number of rotatable bonds is 5. The molecular weight excluding hydrogens is 220 g/mol. The van der Waals surface area contributed by atoms with E-state index in [2.05, 4.69) is 32.9 Å². The molecule has 0 aliphatic heterocycles. The summed E-state index contributed by atoms with van der Waals surface area (Å²) in [6, 6.07) is 9.51. The van der Waals surface area contributed by atoms with E-state index in [9.17, 15) is 4.79 Å². The number of allylic oxidation sites excluding steroid dienone is 4. The van der Waals surface area contributed by atoms with Crippen LogP contribution in [0.15, 0.2) is 53.6 Å². The molecule has 0 heterocycles. The Morgan fingerprint density at radius 1 is 1.22 bits per heavy atom. The van der Waals surface area contributed by atoms with Crippen LogP contribution in [-0.2, 0) is 0 Å². The zero-order valence-electron chi connectivity index (χ0n) is 11.7. The summed E-state index contributed by atoms with van der Waals surface area (Å²) in [6.07, 6.45) is 4.81. The molecule has 0 aliphatic carbocycles. The van der Waals surface area contributed by atoms with Crippen molar-refractivity contribution in [3.63, 3.8) is 0 Å². The van der Waals surface area contributed by atoms with Gasteiger partial charge in [-0.3, -0.25) is 4.79 Å². The predicted octanol–water partition coefficient (Wildman–Crippen LogP) is 4.81. The minimum absolute atomic E-state index is 0.213. The lowest BCUT2D eigenvalue weighted by Gasteiger charge is -2.12. The first-order valence-corrected chi connectivity index (χ1v) is 6.44. The van der Waals surface area contributed by atoms with Crippen molar-refractivity contribution in [3.8, 4) is 0 Å². The Kier molecular flexibility index (Phi) is 5.57. The fourth-order valence-electron chi connectivity index (χ4n) is 1.98. The van der Waals surface area contributed by atoms with Crippen molar-refractivity contribution >= 4 is 5.78 Å². The van der Waals surface area contributed by atoms with Crippen LogP contribution in [0.1, 0.15) is 44.5 Å². The van der Waals surface area contributed by atoms with Gasteiger partial charge in [-0.1, -0.05) is 55.0 Å². The van der Waals surface area contributed by atoms with Gasteiger partial charge in [0.1, 0.15) is 0 Å². The summed E-state index contributed by atoms with van der Waals surface area (Å²) in [6.45, 7) is 8.29. The minimum atomic E-state index is 0.213. The second-order valence-electron chi connectivity index (χ2n) is 4.90. The zero-order chi connectivity index (χ0) is 13.5. The molecule has 0 aliphatic rings. The second kappa shape index (κ2) is 6.95. The molecule has 1 aromatic carbocycles. The van der Waals surface area contributed by atoms with Gasteiger partial charge in [0.2, 0.25) is 0 Å². The number of hydrogen-bond acceptors (Lipinski definition) is 1. The SMILES string of the molecule is CC=C(C=C(C)C)C(C)CC(=O)c1ccccc1. The third kappa shape index (κ3) is 4.33. The van der Waals surface area contributed by atoms with Crippen molar-refractivity contribution in [2.24, 2.45) is 5.92 Å². The predicted molar refractivity (Wildman–Crippen MR) is 77.7 cm³/mol. The van der Waals surface area contributed by atoms with E-state index in [0.29, 0.717) is 6.42 Å². The second-order valence-corrected chi connectivity index (χ2v) is 4.90. The van der Waals surface area contributed by atoms with E-state index >= 15 is 0 Å². The van der Waals surface area contributed by atoms with Crippen LogP contribution in [0.2, 0.25) is 0 Å². The molecule has 1 nitrogen and oxygen atoms in total. The molecule has 0 radical (unpaired) electrons. The number of hydrogen-bond donors (Lipinski definition) is 0. The van der Waals surface area contributed by atoms with E-state index in [1.54, 1.807) is 0 Å². The summed E-state index contributed by atoms with van der Waals surface area (Å²) < 4.78 is 0. The first-order chi connectivity index (χ1) is 8.54. The van der Waals surface area contributed by atoms with Gasteiger partial charge >= 0.3 is 0 Å². The third-order valence-electron chi connectivity index (χ3n) is 2.95. The molecule has 0 bridgehead atoms. The summed E-state index contributed by atoms with van der Waals surface area (Å²) in [4.78, 5) is 12.1. The molecule has 0 aromatic heterocycles. The van der Waals surface area contributed by atoms with Crippen LogP contribution < -0.4 is 0 Å². The minimum Gasteiger partial charge on any atom is -0.294 e. The van der Waals surface area contributed by atoms with Crippen LogP contribution >= 0.6 is 0 Å². The van der Waals surface area contributed by atoms with Crippen LogP contribution in [0.3, 0.4) is 0 Å². The molecule has 18 heavy (non-hydrogen) atoms. The van der Waals surface area contributed by atoms with Gasteiger partial charge in [0.25, 0.3) is 0 Å². The molecule has 1 heteroatoms. The summed E-state index contributed by atoms with van der Waals surface area (Å²) in [5, 5.41) is 0. The summed E-state index contributed by atoms with van der Waals surface area (Å²) >= 11 is 0. The lowest BCUT2D eigenvalue weighted by molar-refractivity contribution is 0.0970. The highest BCUT2D eigenvalue weighted by molar-refractivity contribution is 5.96. The van der Waals surface area contributed by atoms with Gasteiger partial charge in [-0.15, -0.1) is 0 Å². The Morgan fingerprint density at radius 3 is 2.33 bits per heavy atom. The van der Waals surface area contributed by atoms with Crippen molar-refractivity contribution in [1.82, 2.24) is 0 Å². The molecule has 0 saturated heterocycles. The number of Topliss-reactive ketones (excluding diaryl/α,β-unsaturated/α-hetero) is 1. The standard InChI is InChI=1S/C17H22O/c1-5-15(11-13(2)3)14(4)12-17(18)16-9-7-6-8-10-16/h5-11,14H,12H2,1-4H3. The first-order valence-electron chi connectivity index (χ1n) is 6.44. The Bertz CT molecular complexity index is 448. The molecule has 0 spiro atoms. The smallest absolute Gasteiger partial charge is 0.163 e. The fraction of sp³-hybridized carbons (Fsp3) is 0.353. The molecule has 96 valence electrons. The molecule has 1 rings (SSSR count). The normalized spacial score (nSPS) is 13.0. The van der Waals surface area contributed by atoms with Crippen molar-refractivity contribution < 1.29 is 4.79 Å². The van der Waals surface area contributed by atoms with Gasteiger partial charge in [0.05, 0.1) is 0 Å². The number of benzene rings is 1. The molecule has 0 amide bonds. The molecule has 1 unspecified atom stereocenters. The van der Waals surface area contributed by atoms with Gasteiger partial charge in [-0.2, -0.15) is 0 Å². The quantitative estimate of drug-likeness (QED) is 0.535. The highest BCUT2D eigenvalue weighted by Crippen LogP contribution is 2.20. The van der Waals surface area contributed by atoms with Gasteiger partial charge in [0, 0.05) is 12.0 Å². The van der Waals surface area contributed by atoms with E-state index in [0.717, 1.165) is 5.56 Å². The van der Waals surface area contributed by atoms with Crippen molar-refractivity contribution in [2.45, 2.75) is 34.1 Å². The maximum absolute atomic E-state index is 12.1. The fourth-order valence-corrected chi connectivity index (χ4v) is 1.98. The highest BCUT2D eigenvalue weighted by atomic mass is 16.1. The maximum Gasteiger partial charge on any atom is 0.163 e. The lowest BCUT2D eigenvalue weighted by atomic mass is 9.92. The van der Waals surface area contributed by atoms with E-state index in [-0.39, 0.29) is 11.7 Å². The number of carbonyl (C=O) groups is 1. The van der Waals surface area contributed by atoms with Crippen LogP contribution in [0, 0.1) is 5.92 Å². The summed E-state index contributed by atoms with van der Waals surface area (Å²) in [5.41, 5.74) is 3.30. The first kappa shape index (κ1) is 14.4. The molecule has 0 saturated carbocycles. The Morgan fingerprint density at radius 2 is 1.83 bits per heavy atom. The van der Waals surface area contributed by atoms with Crippen LogP contribution in [0.5, 0.6) is 0 Å². The summed E-state index contributed by atoms with van der Waals surface area (Å²) in [5.74, 6) is 0.474. The van der Waals surface area contributed by atoms with E-state index in [1.165, 1.54) is 11.1 Å². The highest BCUT2D eigenvalue weighted by Gasteiger charge is 2.13. The molecule has 0 N–H and O–H groups in total. The Balaban J connectivity index is 2.73. The van der Waals surface area contributed by atoms with Crippen LogP contribution in [-0.4, -0.2) is 5.78 Å². The third-order valence-corrected chi connectivity index (χ3v) is 2.95. The maximum atomic E-state index is 12.1. The Hall–Kier alpha value is -1.63. The topological polar surface area (TPSA) is 17.1 Å². The van der Waals surface area contributed by atoms with Gasteiger partial charge in [-0.05, 0) is 32.3 Å². The van der Waals surface area contributed by atoms with Gasteiger partial charge in [-0.25, -0.2) is 0 Å².